The van der Waals surface area contributed by atoms with Crippen molar-refractivity contribution in [2.45, 2.75) is 38.6 Å². The van der Waals surface area contributed by atoms with Gasteiger partial charge in [-0.1, -0.05) is 73.1 Å². The van der Waals surface area contributed by atoms with Crippen molar-refractivity contribution in [3.8, 4) is 0 Å². The van der Waals surface area contributed by atoms with E-state index in [1.54, 1.807) is 0 Å². The minimum absolute atomic E-state index is 0.0484. The zero-order valence-corrected chi connectivity index (χ0v) is 20.5. The molecule has 0 radical (unpaired) electrons. The quantitative estimate of drug-likeness (QED) is 0.288. The molecule has 4 aromatic rings. The monoisotopic (exact) mass is 486 g/mol. The van der Waals surface area contributed by atoms with E-state index >= 15 is 0 Å². The molecule has 0 bridgehead atoms. The van der Waals surface area contributed by atoms with Gasteiger partial charge in [0.05, 0.1) is 15.8 Å². The maximum absolute atomic E-state index is 12.9. The van der Waals surface area contributed by atoms with Crippen molar-refractivity contribution in [3.05, 3.63) is 71.8 Å². The first kappa shape index (κ1) is 23.5. The fourth-order valence-electron chi connectivity index (χ4n) is 4.69. The highest BCUT2D eigenvalue weighted by molar-refractivity contribution is 7.22. The van der Waals surface area contributed by atoms with Gasteiger partial charge in [0.25, 0.3) is 5.91 Å². The van der Waals surface area contributed by atoms with E-state index in [4.69, 9.17) is 0 Å². The highest BCUT2D eigenvalue weighted by Crippen LogP contribution is 2.31. The molecule has 1 aliphatic carbocycles. The minimum atomic E-state index is -0.128. The molecular formula is C28H30N4O2S. The number of fused-ring (bicyclic) bond motifs is 2. The Bertz CT molecular complexity index is 1340. The van der Waals surface area contributed by atoms with Crippen molar-refractivity contribution in [3.63, 3.8) is 0 Å². The summed E-state index contributed by atoms with van der Waals surface area (Å²) in [6.07, 6.45) is 5.32. The molecule has 3 N–H and O–H groups in total. The molecule has 5 rings (SSSR count). The number of nitrogens with one attached hydrogen (secondary N) is 3. The van der Waals surface area contributed by atoms with E-state index in [0.29, 0.717) is 23.8 Å². The first-order chi connectivity index (χ1) is 17.2. The standard InChI is InChI=1S/C28H30N4O2S/c33-26(21-8-2-1-3-9-21)32-28-31-24-12-6-11-23(25(24)35-28)27(34)30-16-15-29-18-19-13-14-20-7-4-5-10-22(20)17-19/h4-7,10-14,17,21,29H,1-3,8-9,15-16,18H2,(H,30,34)(H,31,32,33). The third-order valence-corrected chi connectivity index (χ3v) is 7.62. The van der Waals surface area contributed by atoms with Crippen LogP contribution in [0, 0.1) is 5.92 Å². The highest BCUT2D eigenvalue weighted by Gasteiger charge is 2.22. The summed E-state index contributed by atoms with van der Waals surface area (Å²) >= 11 is 1.37. The highest BCUT2D eigenvalue weighted by atomic mass is 32.1. The number of carbonyl (C=O) groups excluding carboxylic acids is 2. The van der Waals surface area contributed by atoms with Crippen molar-refractivity contribution in [1.29, 1.82) is 0 Å². The average Bonchev–Trinajstić information content (AvgIpc) is 3.31. The van der Waals surface area contributed by atoms with E-state index in [2.05, 4.69) is 51.3 Å². The molecule has 0 aliphatic heterocycles. The van der Waals surface area contributed by atoms with Crippen LogP contribution in [-0.4, -0.2) is 29.9 Å². The first-order valence-electron chi connectivity index (χ1n) is 12.3. The van der Waals surface area contributed by atoms with Crippen molar-refractivity contribution in [2.75, 3.05) is 18.4 Å². The lowest BCUT2D eigenvalue weighted by Crippen LogP contribution is -2.31. The third kappa shape index (κ3) is 5.69. The summed E-state index contributed by atoms with van der Waals surface area (Å²) in [4.78, 5) is 30.0. The smallest absolute Gasteiger partial charge is 0.252 e. The van der Waals surface area contributed by atoms with Gasteiger partial charge in [-0.15, -0.1) is 0 Å². The second-order valence-corrected chi connectivity index (χ2v) is 10.1. The van der Waals surface area contributed by atoms with Crippen LogP contribution in [0.4, 0.5) is 5.13 Å². The zero-order chi connectivity index (χ0) is 24.0. The van der Waals surface area contributed by atoms with Crippen LogP contribution < -0.4 is 16.0 Å². The molecule has 0 atom stereocenters. The summed E-state index contributed by atoms with van der Waals surface area (Å²) in [7, 11) is 0. The van der Waals surface area contributed by atoms with E-state index < -0.39 is 0 Å². The van der Waals surface area contributed by atoms with Gasteiger partial charge >= 0.3 is 0 Å². The van der Waals surface area contributed by atoms with Gasteiger partial charge < -0.3 is 16.0 Å². The molecule has 1 saturated carbocycles. The largest absolute Gasteiger partial charge is 0.351 e. The Labute approximate surface area is 209 Å². The number of rotatable bonds is 8. The molecule has 3 aromatic carbocycles. The average molecular weight is 487 g/mol. The van der Waals surface area contributed by atoms with Crippen molar-refractivity contribution >= 4 is 49.3 Å². The molecule has 1 aliphatic rings. The Kier molecular flexibility index (Phi) is 7.35. The normalized spacial score (nSPS) is 14.3. The Morgan fingerprint density at radius 3 is 2.60 bits per heavy atom. The summed E-state index contributed by atoms with van der Waals surface area (Å²) in [5.74, 6) is -0.00945. The van der Waals surface area contributed by atoms with E-state index in [1.165, 1.54) is 34.1 Å². The van der Waals surface area contributed by atoms with Gasteiger partial charge in [-0.25, -0.2) is 4.98 Å². The van der Waals surface area contributed by atoms with Gasteiger partial charge in [-0.2, -0.15) is 0 Å². The van der Waals surface area contributed by atoms with Crippen LogP contribution >= 0.6 is 11.3 Å². The minimum Gasteiger partial charge on any atom is -0.351 e. The fourth-order valence-corrected chi connectivity index (χ4v) is 5.67. The Morgan fingerprint density at radius 2 is 1.74 bits per heavy atom. The predicted octanol–water partition coefficient (Wildman–Crippen LogP) is 5.49. The van der Waals surface area contributed by atoms with Crippen LogP contribution in [0.5, 0.6) is 0 Å². The molecule has 0 unspecified atom stereocenters. The van der Waals surface area contributed by atoms with Crippen LogP contribution in [0.1, 0.15) is 48.0 Å². The molecule has 0 spiro atoms. The number of carbonyl (C=O) groups is 2. The van der Waals surface area contributed by atoms with Gasteiger partial charge in [0.2, 0.25) is 5.91 Å². The van der Waals surface area contributed by atoms with Gasteiger partial charge in [0.15, 0.2) is 5.13 Å². The third-order valence-electron chi connectivity index (χ3n) is 6.60. The fraction of sp³-hybridized carbons (Fsp3) is 0.321. The van der Waals surface area contributed by atoms with Crippen molar-refractivity contribution < 1.29 is 9.59 Å². The summed E-state index contributed by atoms with van der Waals surface area (Å²) in [5, 5.41) is 12.4. The van der Waals surface area contributed by atoms with E-state index in [1.807, 2.05) is 30.3 Å². The van der Waals surface area contributed by atoms with Gasteiger partial charge in [0, 0.05) is 25.6 Å². The molecular weight excluding hydrogens is 456 g/mol. The maximum Gasteiger partial charge on any atom is 0.252 e. The molecule has 6 nitrogen and oxygen atoms in total. The van der Waals surface area contributed by atoms with Crippen LogP contribution in [0.3, 0.4) is 0 Å². The number of hydrogen-bond donors (Lipinski definition) is 3. The van der Waals surface area contributed by atoms with Gasteiger partial charge in [-0.05, 0) is 47.4 Å². The number of nitrogens with zero attached hydrogens (tertiary/aromatic N) is 1. The van der Waals surface area contributed by atoms with E-state index in [0.717, 1.165) is 42.4 Å². The lowest BCUT2D eigenvalue weighted by molar-refractivity contribution is -0.120. The second-order valence-electron chi connectivity index (χ2n) is 9.11. The first-order valence-corrected chi connectivity index (χ1v) is 13.2. The molecule has 180 valence electrons. The van der Waals surface area contributed by atoms with Crippen LogP contribution in [0.15, 0.2) is 60.7 Å². The summed E-state index contributed by atoms with van der Waals surface area (Å²) in [6.45, 7) is 1.93. The van der Waals surface area contributed by atoms with Gasteiger partial charge in [-0.3, -0.25) is 9.59 Å². The summed E-state index contributed by atoms with van der Waals surface area (Å²) in [6, 6.07) is 20.3. The zero-order valence-electron chi connectivity index (χ0n) is 19.7. The Morgan fingerprint density at radius 1 is 0.914 bits per heavy atom. The molecule has 2 amide bonds. The number of thiazole rings is 1. The lowest BCUT2D eigenvalue weighted by atomic mass is 9.89. The molecule has 1 fully saturated rings. The molecule has 1 aromatic heterocycles. The number of benzene rings is 3. The number of aromatic nitrogens is 1. The van der Waals surface area contributed by atoms with E-state index in [-0.39, 0.29) is 17.7 Å². The molecule has 35 heavy (non-hydrogen) atoms. The van der Waals surface area contributed by atoms with Gasteiger partial charge in [0.1, 0.15) is 0 Å². The maximum atomic E-state index is 12.9. The number of hydrogen-bond acceptors (Lipinski definition) is 5. The van der Waals surface area contributed by atoms with Crippen molar-refractivity contribution in [2.24, 2.45) is 5.92 Å². The summed E-state index contributed by atoms with van der Waals surface area (Å²) < 4.78 is 0.799. The van der Waals surface area contributed by atoms with E-state index in [9.17, 15) is 9.59 Å². The SMILES string of the molecule is O=C(NCCNCc1ccc2ccccc2c1)c1cccc2nc(NC(=O)C3CCCCC3)sc12. The van der Waals surface area contributed by atoms with Crippen LogP contribution in [0.2, 0.25) is 0 Å². The summed E-state index contributed by atoms with van der Waals surface area (Å²) in [5.41, 5.74) is 2.54. The lowest BCUT2D eigenvalue weighted by Gasteiger charge is -2.19. The Balaban J connectivity index is 1.14. The number of amides is 2. The van der Waals surface area contributed by atoms with Crippen LogP contribution in [0.25, 0.3) is 21.0 Å². The number of anilines is 1. The predicted molar refractivity (Wildman–Crippen MR) is 143 cm³/mol. The Hall–Kier alpha value is -3.29. The van der Waals surface area contributed by atoms with Crippen LogP contribution in [-0.2, 0) is 11.3 Å². The molecule has 7 heteroatoms. The topological polar surface area (TPSA) is 83.1 Å². The second kappa shape index (κ2) is 11.0. The molecule has 0 saturated heterocycles. The van der Waals surface area contributed by atoms with Crippen molar-refractivity contribution in [1.82, 2.24) is 15.6 Å². The molecule has 1 heterocycles.